The molecule has 112 valence electrons. The fourth-order valence-corrected chi connectivity index (χ4v) is 1.89. The van der Waals surface area contributed by atoms with Gasteiger partial charge in [-0.15, -0.1) is 0 Å². The number of hydrogen-bond acceptors (Lipinski definition) is 4. The average Bonchev–Trinajstić information content (AvgIpc) is 2.37. The van der Waals surface area contributed by atoms with Gasteiger partial charge >= 0.3 is 0 Å². The van der Waals surface area contributed by atoms with Crippen LogP contribution >= 0.6 is 11.6 Å². The highest BCUT2D eigenvalue weighted by atomic mass is 35.5. The first-order valence-electron chi connectivity index (χ1n) is 6.45. The molecular weight excluding hydrogens is 293 g/mol. The molecule has 0 bridgehead atoms. The maximum absolute atomic E-state index is 13.7. The van der Waals surface area contributed by atoms with Crippen molar-refractivity contribution in [2.24, 2.45) is 0 Å². The summed E-state index contributed by atoms with van der Waals surface area (Å²) in [6, 6.07) is 6.18. The molecule has 2 aromatic rings. The van der Waals surface area contributed by atoms with Crippen molar-refractivity contribution in [3.8, 4) is 5.75 Å². The van der Waals surface area contributed by atoms with Gasteiger partial charge in [-0.1, -0.05) is 32.4 Å². The fraction of sp³-hybridized carbons (Fsp3) is 0.333. The number of nitrogens with zero attached hydrogens (tertiary/aromatic N) is 2. The van der Waals surface area contributed by atoms with Crippen molar-refractivity contribution in [2.45, 2.75) is 26.2 Å². The summed E-state index contributed by atoms with van der Waals surface area (Å²) in [4.78, 5) is 8.62. The lowest BCUT2D eigenvalue weighted by atomic mass is 9.96. The van der Waals surface area contributed by atoms with Crippen molar-refractivity contribution >= 4 is 23.1 Å². The number of nitrogens with one attached hydrogen (secondary N) is 1. The molecule has 0 fully saturated rings. The van der Waals surface area contributed by atoms with E-state index < -0.39 is 5.82 Å². The Morgan fingerprint density at radius 2 is 1.90 bits per heavy atom. The smallest absolute Gasteiger partial charge is 0.167 e. The summed E-state index contributed by atoms with van der Waals surface area (Å²) in [5.41, 5.74) is 0.329. The van der Waals surface area contributed by atoms with Gasteiger partial charge in [0.05, 0.1) is 7.11 Å². The van der Waals surface area contributed by atoms with E-state index in [4.69, 9.17) is 16.3 Å². The summed E-state index contributed by atoms with van der Waals surface area (Å²) in [7, 11) is 1.42. The molecule has 0 spiro atoms. The van der Waals surface area contributed by atoms with Gasteiger partial charge in [-0.05, 0) is 12.1 Å². The Balaban J connectivity index is 2.31. The van der Waals surface area contributed by atoms with E-state index >= 15 is 0 Å². The second kappa shape index (κ2) is 5.85. The first-order valence-corrected chi connectivity index (χ1v) is 6.83. The van der Waals surface area contributed by atoms with E-state index in [2.05, 4.69) is 15.3 Å². The molecule has 1 aromatic heterocycles. The lowest BCUT2D eigenvalue weighted by Crippen LogP contribution is -2.16. The Bertz CT molecular complexity index is 656. The highest BCUT2D eigenvalue weighted by Crippen LogP contribution is 2.26. The molecule has 0 amide bonds. The van der Waals surface area contributed by atoms with E-state index in [9.17, 15) is 4.39 Å². The second-order valence-corrected chi connectivity index (χ2v) is 6.01. The predicted molar refractivity (Wildman–Crippen MR) is 82.0 cm³/mol. The summed E-state index contributed by atoms with van der Waals surface area (Å²) in [5, 5.41) is 3.36. The van der Waals surface area contributed by atoms with Crippen LogP contribution in [0.1, 0.15) is 26.6 Å². The zero-order valence-corrected chi connectivity index (χ0v) is 13.1. The molecule has 0 atom stereocenters. The number of ether oxygens (including phenoxy) is 1. The first kappa shape index (κ1) is 15.5. The molecule has 1 aromatic carbocycles. The van der Waals surface area contributed by atoms with Crippen LogP contribution in [0, 0.1) is 5.82 Å². The van der Waals surface area contributed by atoms with Crippen LogP contribution in [0.4, 0.5) is 15.9 Å². The SMILES string of the molecule is COc1ccc(Nc2cc(Cl)nc(C(C)(C)C)n2)cc1F. The topological polar surface area (TPSA) is 47.0 Å². The molecule has 0 aliphatic rings. The third kappa shape index (κ3) is 3.82. The Morgan fingerprint density at radius 3 is 2.48 bits per heavy atom. The van der Waals surface area contributed by atoms with E-state index in [1.807, 2.05) is 20.8 Å². The molecule has 0 unspecified atom stereocenters. The monoisotopic (exact) mass is 309 g/mol. The Morgan fingerprint density at radius 1 is 1.19 bits per heavy atom. The van der Waals surface area contributed by atoms with Crippen LogP contribution in [0.5, 0.6) is 5.75 Å². The van der Waals surface area contributed by atoms with Crippen molar-refractivity contribution in [1.29, 1.82) is 0 Å². The lowest BCUT2D eigenvalue weighted by molar-refractivity contribution is 0.386. The van der Waals surface area contributed by atoms with E-state index in [0.29, 0.717) is 22.5 Å². The van der Waals surface area contributed by atoms with Crippen LogP contribution < -0.4 is 10.1 Å². The van der Waals surface area contributed by atoms with Crippen LogP contribution in [-0.4, -0.2) is 17.1 Å². The number of methoxy groups -OCH3 is 1. The standard InChI is InChI=1S/C15H17ClFN3O/c1-15(2,3)14-19-12(16)8-13(20-14)18-9-5-6-11(21-4)10(17)7-9/h5-8H,1-4H3,(H,18,19,20). The van der Waals surface area contributed by atoms with Gasteiger partial charge in [0.2, 0.25) is 0 Å². The third-order valence-electron chi connectivity index (χ3n) is 2.79. The van der Waals surface area contributed by atoms with Gasteiger partial charge in [0.1, 0.15) is 16.8 Å². The molecule has 2 rings (SSSR count). The summed E-state index contributed by atoms with van der Waals surface area (Å²) < 4.78 is 18.6. The van der Waals surface area contributed by atoms with Gasteiger partial charge in [0.25, 0.3) is 0 Å². The van der Waals surface area contributed by atoms with E-state index in [0.717, 1.165) is 0 Å². The molecule has 21 heavy (non-hydrogen) atoms. The number of hydrogen-bond donors (Lipinski definition) is 1. The number of anilines is 2. The molecule has 0 aliphatic carbocycles. The Kier molecular flexibility index (Phi) is 4.32. The highest BCUT2D eigenvalue weighted by molar-refractivity contribution is 6.29. The number of rotatable bonds is 3. The molecule has 4 nitrogen and oxygen atoms in total. The minimum Gasteiger partial charge on any atom is -0.494 e. The summed E-state index contributed by atoms with van der Waals surface area (Å²) >= 11 is 6.02. The molecular formula is C15H17ClFN3O. The van der Waals surface area contributed by atoms with Gasteiger partial charge in [-0.2, -0.15) is 0 Å². The van der Waals surface area contributed by atoms with Crippen LogP contribution in [-0.2, 0) is 5.41 Å². The summed E-state index contributed by atoms with van der Waals surface area (Å²) in [5.74, 6) is 0.881. The second-order valence-electron chi connectivity index (χ2n) is 5.62. The van der Waals surface area contributed by atoms with Crippen molar-refractivity contribution in [2.75, 3.05) is 12.4 Å². The molecule has 0 saturated carbocycles. The van der Waals surface area contributed by atoms with Crippen LogP contribution in [0.25, 0.3) is 0 Å². The zero-order chi connectivity index (χ0) is 15.6. The lowest BCUT2D eigenvalue weighted by Gasteiger charge is -2.18. The van der Waals surface area contributed by atoms with E-state index in [-0.39, 0.29) is 11.2 Å². The van der Waals surface area contributed by atoms with Gasteiger partial charge in [-0.25, -0.2) is 14.4 Å². The van der Waals surface area contributed by atoms with E-state index in [1.54, 1.807) is 18.2 Å². The van der Waals surface area contributed by atoms with Crippen molar-refractivity contribution in [3.05, 3.63) is 41.1 Å². The third-order valence-corrected chi connectivity index (χ3v) is 2.98. The van der Waals surface area contributed by atoms with E-state index in [1.165, 1.54) is 13.2 Å². The number of benzene rings is 1. The van der Waals surface area contributed by atoms with Crippen molar-refractivity contribution < 1.29 is 9.13 Å². The Labute approximate surface area is 128 Å². The molecule has 0 radical (unpaired) electrons. The molecule has 1 heterocycles. The average molecular weight is 310 g/mol. The summed E-state index contributed by atoms with van der Waals surface area (Å²) in [6.07, 6.45) is 0. The molecule has 0 saturated heterocycles. The van der Waals surface area contributed by atoms with Gasteiger partial charge in [-0.3, -0.25) is 0 Å². The van der Waals surface area contributed by atoms with Crippen molar-refractivity contribution in [3.63, 3.8) is 0 Å². The molecule has 0 aliphatic heterocycles. The van der Waals surface area contributed by atoms with Crippen LogP contribution in [0.15, 0.2) is 24.3 Å². The number of aromatic nitrogens is 2. The fourth-order valence-electron chi connectivity index (χ4n) is 1.71. The zero-order valence-electron chi connectivity index (χ0n) is 12.4. The van der Waals surface area contributed by atoms with Gasteiger partial charge in [0, 0.05) is 23.2 Å². The maximum Gasteiger partial charge on any atom is 0.167 e. The Hall–Kier alpha value is -1.88. The molecule has 1 N–H and O–H groups in total. The quantitative estimate of drug-likeness (QED) is 0.858. The molecule has 6 heteroatoms. The van der Waals surface area contributed by atoms with Gasteiger partial charge < -0.3 is 10.1 Å². The summed E-state index contributed by atoms with van der Waals surface area (Å²) in [6.45, 7) is 5.99. The minimum absolute atomic E-state index is 0.191. The van der Waals surface area contributed by atoms with Crippen LogP contribution in [0.3, 0.4) is 0 Å². The normalized spacial score (nSPS) is 11.3. The minimum atomic E-state index is -0.446. The van der Waals surface area contributed by atoms with Crippen molar-refractivity contribution in [1.82, 2.24) is 9.97 Å². The highest BCUT2D eigenvalue weighted by Gasteiger charge is 2.19. The van der Waals surface area contributed by atoms with Crippen LogP contribution in [0.2, 0.25) is 5.15 Å². The first-order chi connectivity index (χ1) is 9.79. The number of halogens is 2. The van der Waals surface area contributed by atoms with Gasteiger partial charge in [0.15, 0.2) is 11.6 Å². The predicted octanol–water partition coefficient (Wildman–Crippen LogP) is 4.32. The largest absolute Gasteiger partial charge is 0.494 e. The maximum atomic E-state index is 13.7.